The fourth-order valence-corrected chi connectivity index (χ4v) is 2.75. The Morgan fingerprint density at radius 2 is 2.33 bits per heavy atom. The molecule has 1 atom stereocenters. The smallest absolute Gasteiger partial charge is 0.197 e. The van der Waals surface area contributed by atoms with Gasteiger partial charge in [-0.15, -0.1) is 0 Å². The predicted octanol–water partition coefficient (Wildman–Crippen LogP) is 2.90. The maximum absolute atomic E-state index is 13.3. The molecular weight excluding hydrogens is 326 g/mol. The van der Waals surface area contributed by atoms with Crippen molar-refractivity contribution in [2.24, 2.45) is 0 Å². The van der Waals surface area contributed by atoms with Crippen molar-refractivity contribution in [3.05, 3.63) is 41.2 Å². The van der Waals surface area contributed by atoms with E-state index in [-0.39, 0.29) is 5.52 Å². The summed E-state index contributed by atoms with van der Waals surface area (Å²) in [5.41, 5.74) is -6.09. The number of ether oxygens (including phenoxy) is 2. The van der Waals surface area contributed by atoms with E-state index in [1.807, 2.05) is 0 Å². The van der Waals surface area contributed by atoms with Crippen molar-refractivity contribution in [1.82, 2.24) is 15.0 Å². The Labute approximate surface area is 159 Å². The van der Waals surface area contributed by atoms with Gasteiger partial charge in [0.1, 0.15) is 11.5 Å². The lowest BCUT2D eigenvalue weighted by Gasteiger charge is -2.11. The zero-order valence-corrected chi connectivity index (χ0v) is 13.1. The van der Waals surface area contributed by atoms with Crippen LogP contribution < -0.4 is 9.47 Å². The van der Waals surface area contributed by atoms with Crippen molar-refractivity contribution in [1.29, 1.82) is 0 Å². The number of pyridine rings is 1. The van der Waals surface area contributed by atoms with Gasteiger partial charge in [-0.25, -0.2) is 4.98 Å². The second-order valence-corrected chi connectivity index (χ2v) is 5.68. The van der Waals surface area contributed by atoms with Crippen LogP contribution in [0, 0.1) is 13.7 Å². The lowest BCUT2D eigenvalue weighted by Crippen LogP contribution is -2.05. The standard InChI is InChI=1S/C17H19N3O3S/c1-10-8-18-15(11(2)16(10)23-4)9-24(21)17-19-13-6-5-12(22-3)7-14(13)20-17/h5-8H,9H2,1-4H3,(H,19,20)/i1D3,2D3,4D3,8D,9D2. The van der Waals surface area contributed by atoms with Gasteiger partial charge in [0.15, 0.2) is 5.16 Å². The van der Waals surface area contributed by atoms with Crippen molar-refractivity contribution in [2.75, 3.05) is 14.1 Å². The number of hydrogen-bond donors (Lipinski definition) is 1. The Morgan fingerprint density at radius 1 is 1.42 bits per heavy atom. The minimum absolute atomic E-state index is 0.282. The molecule has 0 amide bonds. The second kappa shape index (κ2) is 6.60. The molecule has 0 saturated heterocycles. The number of nitrogens with zero attached hydrogens (tertiary/aromatic N) is 2. The van der Waals surface area contributed by atoms with Crippen molar-refractivity contribution in [3.63, 3.8) is 0 Å². The molecule has 0 fully saturated rings. The highest BCUT2D eigenvalue weighted by Crippen LogP contribution is 2.26. The lowest BCUT2D eigenvalue weighted by molar-refractivity contribution is 0.407. The first kappa shape index (κ1) is 7.23. The lowest BCUT2D eigenvalue weighted by atomic mass is 10.1. The van der Waals surface area contributed by atoms with E-state index in [1.54, 1.807) is 6.07 Å². The van der Waals surface area contributed by atoms with Crippen molar-refractivity contribution in [3.8, 4) is 11.5 Å². The van der Waals surface area contributed by atoms with E-state index in [0.717, 1.165) is 0 Å². The molecule has 0 aliphatic rings. The summed E-state index contributed by atoms with van der Waals surface area (Å²) in [6, 6.07) is 4.56. The highest BCUT2D eigenvalue weighted by molar-refractivity contribution is 7.84. The van der Waals surface area contributed by atoms with Gasteiger partial charge in [-0.2, -0.15) is 0 Å². The average molecular weight is 357 g/mol. The molecule has 126 valence electrons. The third-order valence-electron chi connectivity index (χ3n) is 3.10. The molecule has 2 aromatic heterocycles. The van der Waals surface area contributed by atoms with Crippen LogP contribution in [0.4, 0.5) is 0 Å². The van der Waals surface area contributed by atoms with Gasteiger partial charge in [-0.1, -0.05) is 0 Å². The number of rotatable bonds is 5. The minimum atomic E-state index is -3.38. The van der Waals surface area contributed by atoms with E-state index in [4.69, 9.17) is 25.9 Å². The van der Waals surface area contributed by atoms with Crippen LogP contribution in [0.3, 0.4) is 0 Å². The molecular formula is C17H19N3O3S. The van der Waals surface area contributed by atoms with Crippen molar-refractivity contribution in [2.45, 2.75) is 24.6 Å². The Morgan fingerprint density at radius 3 is 3.08 bits per heavy atom. The summed E-state index contributed by atoms with van der Waals surface area (Å²) in [4.78, 5) is 10.3. The van der Waals surface area contributed by atoms with Gasteiger partial charge in [0.05, 0.1) is 52.9 Å². The van der Waals surface area contributed by atoms with Crippen LogP contribution in [0.15, 0.2) is 29.5 Å². The van der Waals surface area contributed by atoms with E-state index < -0.39 is 71.1 Å². The molecule has 1 aromatic carbocycles. The van der Waals surface area contributed by atoms with Crippen LogP contribution in [0.2, 0.25) is 0 Å². The van der Waals surface area contributed by atoms with Crippen molar-refractivity contribution >= 4 is 21.8 Å². The monoisotopic (exact) mass is 357 g/mol. The number of hydrogen-bond acceptors (Lipinski definition) is 5. The number of nitrogens with one attached hydrogen (secondary N) is 1. The van der Waals surface area contributed by atoms with E-state index >= 15 is 0 Å². The van der Waals surface area contributed by atoms with Crippen LogP contribution in [0.5, 0.6) is 11.5 Å². The molecule has 2 heterocycles. The van der Waals surface area contributed by atoms with E-state index in [1.165, 1.54) is 19.2 Å². The molecule has 0 aliphatic heterocycles. The molecule has 1 N–H and O–H groups in total. The number of imidazole rings is 1. The Hall–Kier alpha value is -2.41. The first-order valence-electron chi connectivity index (χ1n) is 12.5. The van der Waals surface area contributed by atoms with Gasteiger partial charge in [0.2, 0.25) is 0 Å². The third kappa shape index (κ3) is 2.99. The molecule has 0 aliphatic carbocycles. The quantitative estimate of drug-likeness (QED) is 0.760. The second-order valence-electron chi connectivity index (χ2n) is 4.55. The highest BCUT2D eigenvalue weighted by atomic mass is 32.2. The number of aromatic amines is 1. The fourth-order valence-electron chi connectivity index (χ4n) is 1.94. The Bertz CT molecular complexity index is 1330. The summed E-state index contributed by atoms with van der Waals surface area (Å²) in [5, 5.41) is -0.425. The summed E-state index contributed by atoms with van der Waals surface area (Å²) in [6.45, 7) is -6.62. The van der Waals surface area contributed by atoms with Gasteiger partial charge >= 0.3 is 0 Å². The molecule has 6 nitrogen and oxygen atoms in total. The first-order valence-corrected chi connectivity index (χ1v) is 7.63. The van der Waals surface area contributed by atoms with Crippen LogP contribution in [0.25, 0.3) is 11.0 Å². The summed E-state index contributed by atoms with van der Waals surface area (Å²) in [7, 11) is -4.76. The van der Waals surface area contributed by atoms with E-state index in [9.17, 15) is 4.21 Å². The number of H-pyrrole nitrogens is 1. The largest absolute Gasteiger partial charge is 0.497 e. The molecule has 3 aromatic rings. The number of aromatic nitrogens is 3. The average Bonchev–Trinajstić information content (AvgIpc) is 3.12. The summed E-state index contributed by atoms with van der Waals surface area (Å²) in [6.07, 6.45) is -1.16. The SMILES string of the molecule is [2H]c1nc(C([2H])([2H])S(=O)c2nc3ccc(OC)cc3[nH]2)c(C([2H])([2H])[2H])c(OC([2H])([2H])[2H])c1C([2H])([2H])[2H]. The topological polar surface area (TPSA) is 77.1 Å². The summed E-state index contributed by atoms with van der Waals surface area (Å²) < 4.78 is 117. The van der Waals surface area contributed by atoms with Gasteiger partial charge in [-0.3, -0.25) is 9.19 Å². The molecule has 3 rings (SSSR count). The molecule has 0 spiro atoms. The van der Waals surface area contributed by atoms with Gasteiger partial charge < -0.3 is 14.5 Å². The minimum Gasteiger partial charge on any atom is -0.497 e. The van der Waals surface area contributed by atoms with E-state index in [0.29, 0.717) is 11.3 Å². The summed E-state index contributed by atoms with van der Waals surface area (Å²) >= 11 is 0. The maximum atomic E-state index is 13.3. The van der Waals surface area contributed by atoms with Crippen LogP contribution >= 0.6 is 0 Å². The zero-order valence-electron chi connectivity index (χ0n) is 24.3. The van der Waals surface area contributed by atoms with Crippen LogP contribution in [-0.2, 0) is 16.5 Å². The molecule has 0 saturated carbocycles. The normalized spacial score (nSPS) is 21.9. The number of methoxy groups -OCH3 is 2. The van der Waals surface area contributed by atoms with Gasteiger partial charge in [0.25, 0.3) is 0 Å². The third-order valence-corrected chi connectivity index (χ3v) is 4.03. The van der Waals surface area contributed by atoms with Gasteiger partial charge in [-0.05, 0) is 25.8 Å². The van der Waals surface area contributed by atoms with E-state index in [2.05, 4.69) is 15.0 Å². The Kier molecular flexibility index (Phi) is 1.99. The number of benzene rings is 1. The van der Waals surface area contributed by atoms with Crippen molar-refractivity contribution < 1.29 is 30.1 Å². The molecule has 0 bridgehead atoms. The Balaban J connectivity index is 2.31. The van der Waals surface area contributed by atoms with Crippen LogP contribution in [-0.4, -0.2) is 33.3 Å². The zero-order chi connectivity index (χ0) is 27.4. The predicted molar refractivity (Wildman–Crippen MR) is 93.0 cm³/mol. The summed E-state index contributed by atoms with van der Waals surface area (Å²) in [5.74, 6) is -0.844. The molecule has 1 unspecified atom stereocenters. The molecule has 0 radical (unpaired) electrons. The van der Waals surface area contributed by atoms with Gasteiger partial charge in [0, 0.05) is 34.3 Å². The van der Waals surface area contributed by atoms with Crippen LogP contribution in [0.1, 0.15) is 33.3 Å². The maximum Gasteiger partial charge on any atom is 0.197 e. The fraction of sp³-hybridized carbons (Fsp3) is 0.294. The highest BCUT2D eigenvalue weighted by Gasteiger charge is 2.16. The number of fused-ring (bicyclic) bond motifs is 1. The first-order chi connectivity index (χ1) is 16.3. The molecule has 24 heavy (non-hydrogen) atoms. The molecule has 7 heteroatoms.